The van der Waals surface area contributed by atoms with Gasteiger partial charge in [-0.25, -0.2) is 0 Å². The molecule has 0 radical (unpaired) electrons. The first-order chi connectivity index (χ1) is 8.97. The summed E-state index contributed by atoms with van der Waals surface area (Å²) in [4.78, 5) is 2.63. The highest BCUT2D eigenvalue weighted by atomic mass is 15.2. The van der Waals surface area contributed by atoms with Gasteiger partial charge in [-0.05, 0) is 57.7 Å². The zero-order chi connectivity index (χ0) is 14.0. The molecule has 0 aliphatic carbocycles. The molecule has 1 aliphatic rings. The third kappa shape index (κ3) is 2.85. The van der Waals surface area contributed by atoms with Crippen LogP contribution in [-0.2, 0) is 0 Å². The van der Waals surface area contributed by atoms with Gasteiger partial charge in [0, 0.05) is 11.6 Å². The molecule has 1 aliphatic heterocycles. The van der Waals surface area contributed by atoms with Crippen molar-refractivity contribution in [2.24, 2.45) is 5.73 Å². The topological polar surface area (TPSA) is 29.3 Å². The van der Waals surface area contributed by atoms with Gasteiger partial charge in [-0.15, -0.1) is 0 Å². The minimum absolute atomic E-state index is 0.207. The normalized spacial score (nSPS) is 22.4. The summed E-state index contributed by atoms with van der Waals surface area (Å²) in [5, 5.41) is 0. The lowest BCUT2D eigenvalue weighted by atomic mass is 9.90. The van der Waals surface area contributed by atoms with E-state index in [9.17, 15) is 0 Å². The molecule has 2 N–H and O–H groups in total. The molecular weight excluding hydrogens is 232 g/mol. The lowest BCUT2D eigenvalue weighted by molar-refractivity contribution is 0.0961. The van der Waals surface area contributed by atoms with Crippen LogP contribution in [0.1, 0.15) is 57.2 Å². The van der Waals surface area contributed by atoms with Gasteiger partial charge in [-0.3, -0.25) is 4.90 Å². The molecule has 2 atom stereocenters. The van der Waals surface area contributed by atoms with Crippen LogP contribution >= 0.6 is 0 Å². The second-order valence-electron chi connectivity index (χ2n) is 6.48. The van der Waals surface area contributed by atoms with Gasteiger partial charge < -0.3 is 5.73 Å². The first-order valence-corrected chi connectivity index (χ1v) is 7.55. The van der Waals surface area contributed by atoms with Crippen molar-refractivity contribution in [1.82, 2.24) is 4.90 Å². The molecule has 2 nitrogen and oxygen atoms in total. The molecule has 0 saturated carbocycles. The number of likely N-dealkylation sites (tertiary alicyclic amines) is 1. The zero-order valence-corrected chi connectivity index (χ0v) is 12.8. The number of nitrogens with zero attached hydrogens (tertiary/aromatic N) is 1. The number of hydrogen-bond acceptors (Lipinski definition) is 2. The number of benzene rings is 1. The Labute approximate surface area is 118 Å². The van der Waals surface area contributed by atoms with Gasteiger partial charge in [-0.2, -0.15) is 0 Å². The van der Waals surface area contributed by atoms with Crippen LogP contribution in [-0.4, -0.2) is 23.0 Å². The molecule has 1 fully saturated rings. The van der Waals surface area contributed by atoms with Crippen molar-refractivity contribution in [3.05, 3.63) is 35.4 Å². The van der Waals surface area contributed by atoms with Crippen molar-refractivity contribution < 1.29 is 0 Å². The third-order valence-electron chi connectivity index (χ3n) is 4.68. The first-order valence-electron chi connectivity index (χ1n) is 7.55. The molecule has 0 aromatic heterocycles. The van der Waals surface area contributed by atoms with Crippen molar-refractivity contribution >= 4 is 0 Å². The molecule has 19 heavy (non-hydrogen) atoms. The fourth-order valence-corrected chi connectivity index (χ4v) is 3.42. The molecule has 1 saturated heterocycles. The maximum Gasteiger partial charge on any atom is 0.0506 e. The highest BCUT2D eigenvalue weighted by Gasteiger charge is 2.39. The third-order valence-corrected chi connectivity index (χ3v) is 4.68. The standard InChI is InChI=1S/C17H28N2/c1-5-15(18)16(14-10-7-6-9-13(14)2)19-12-8-11-17(19,3)4/h6-7,9-10,15-16H,5,8,11-12,18H2,1-4H3. The summed E-state index contributed by atoms with van der Waals surface area (Å²) in [6.45, 7) is 10.3. The van der Waals surface area contributed by atoms with Crippen LogP contribution in [0.2, 0.25) is 0 Å². The Bertz CT molecular complexity index is 425. The fourth-order valence-electron chi connectivity index (χ4n) is 3.42. The Hall–Kier alpha value is -0.860. The fraction of sp³-hybridized carbons (Fsp3) is 0.647. The number of hydrogen-bond donors (Lipinski definition) is 1. The average Bonchev–Trinajstić information content (AvgIpc) is 2.72. The summed E-state index contributed by atoms with van der Waals surface area (Å²) in [7, 11) is 0. The van der Waals surface area contributed by atoms with E-state index < -0.39 is 0 Å². The Morgan fingerprint density at radius 1 is 1.32 bits per heavy atom. The average molecular weight is 260 g/mol. The number of rotatable bonds is 4. The second-order valence-corrected chi connectivity index (χ2v) is 6.48. The van der Waals surface area contributed by atoms with E-state index in [1.807, 2.05) is 0 Å². The molecule has 106 valence electrons. The van der Waals surface area contributed by atoms with Gasteiger partial charge in [0.05, 0.1) is 6.04 Å². The number of aryl methyl sites for hydroxylation is 1. The van der Waals surface area contributed by atoms with Gasteiger partial charge in [0.15, 0.2) is 0 Å². The van der Waals surface area contributed by atoms with E-state index in [1.54, 1.807) is 0 Å². The zero-order valence-electron chi connectivity index (χ0n) is 12.8. The van der Waals surface area contributed by atoms with Crippen LogP contribution in [0.4, 0.5) is 0 Å². The molecule has 1 aromatic rings. The summed E-state index contributed by atoms with van der Waals surface area (Å²) in [6.07, 6.45) is 3.57. The van der Waals surface area contributed by atoms with Gasteiger partial charge in [0.2, 0.25) is 0 Å². The molecule has 0 bridgehead atoms. The minimum Gasteiger partial charge on any atom is -0.326 e. The van der Waals surface area contributed by atoms with Crippen LogP contribution in [0.25, 0.3) is 0 Å². The van der Waals surface area contributed by atoms with E-state index in [2.05, 4.69) is 56.9 Å². The second kappa shape index (κ2) is 5.64. The molecule has 1 aromatic carbocycles. The van der Waals surface area contributed by atoms with Crippen molar-refractivity contribution in [3.8, 4) is 0 Å². The van der Waals surface area contributed by atoms with Crippen molar-refractivity contribution in [1.29, 1.82) is 0 Å². The van der Waals surface area contributed by atoms with Gasteiger partial charge in [0.1, 0.15) is 0 Å². The Kier molecular flexibility index (Phi) is 4.32. The summed E-state index contributed by atoms with van der Waals surface area (Å²) >= 11 is 0. The molecule has 2 unspecified atom stereocenters. The van der Waals surface area contributed by atoms with Crippen LogP contribution in [0.15, 0.2) is 24.3 Å². The Morgan fingerprint density at radius 2 is 2.00 bits per heavy atom. The lowest BCUT2D eigenvalue weighted by Gasteiger charge is -2.42. The predicted molar refractivity (Wildman–Crippen MR) is 82.2 cm³/mol. The van der Waals surface area contributed by atoms with Crippen LogP contribution in [0.5, 0.6) is 0 Å². The van der Waals surface area contributed by atoms with Crippen LogP contribution in [0, 0.1) is 6.92 Å². The maximum atomic E-state index is 6.48. The molecule has 2 heteroatoms. The van der Waals surface area contributed by atoms with E-state index in [4.69, 9.17) is 5.73 Å². The van der Waals surface area contributed by atoms with E-state index in [0.29, 0.717) is 6.04 Å². The van der Waals surface area contributed by atoms with E-state index >= 15 is 0 Å². The highest BCUT2D eigenvalue weighted by molar-refractivity contribution is 5.30. The SMILES string of the molecule is CCC(N)C(c1ccccc1C)N1CCCC1(C)C. The van der Waals surface area contributed by atoms with E-state index in [-0.39, 0.29) is 11.6 Å². The van der Waals surface area contributed by atoms with Gasteiger partial charge in [0.25, 0.3) is 0 Å². The summed E-state index contributed by atoms with van der Waals surface area (Å²) in [6, 6.07) is 9.27. The molecular formula is C17H28N2. The number of nitrogens with two attached hydrogens (primary N) is 1. The Morgan fingerprint density at radius 3 is 2.53 bits per heavy atom. The summed E-state index contributed by atoms with van der Waals surface area (Å²) in [5.74, 6) is 0. The molecule has 2 rings (SSSR count). The van der Waals surface area contributed by atoms with Gasteiger partial charge >= 0.3 is 0 Å². The first kappa shape index (κ1) is 14.5. The Balaban J connectivity index is 2.40. The molecule has 0 spiro atoms. The summed E-state index contributed by atoms with van der Waals surface area (Å²) in [5.41, 5.74) is 9.51. The smallest absolute Gasteiger partial charge is 0.0506 e. The van der Waals surface area contributed by atoms with Crippen molar-refractivity contribution in [3.63, 3.8) is 0 Å². The highest BCUT2D eigenvalue weighted by Crippen LogP contribution is 2.39. The van der Waals surface area contributed by atoms with E-state index in [1.165, 1.54) is 30.5 Å². The largest absolute Gasteiger partial charge is 0.326 e. The minimum atomic E-state index is 0.207. The summed E-state index contributed by atoms with van der Waals surface area (Å²) < 4.78 is 0. The van der Waals surface area contributed by atoms with Gasteiger partial charge in [-0.1, -0.05) is 31.2 Å². The van der Waals surface area contributed by atoms with Crippen LogP contribution in [0.3, 0.4) is 0 Å². The molecule has 1 heterocycles. The van der Waals surface area contributed by atoms with Crippen molar-refractivity contribution in [2.45, 2.75) is 64.6 Å². The quantitative estimate of drug-likeness (QED) is 0.895. The van der Waals surface area contributed by atoms with Crippen LogP contribution < -0.4 is 5.73 Å². The maximum absolute atomic E-state index is 6.48. The molecule has 0 amide bonds. The predicted octanol–water partition coefficient (Wildman–Crippen LogP) is 3.65. The van der Waals surface area contributed by atoms with E-state index in [0.717, 1.165) is 6.42 Å². The lowest BCUT2D eigenvalue weighted by Crippen LogP contribution is -2.48. The monoisotopic (exact) mass is 260 g/mol. The van der Waals surface area contributed by atoms with Crippen molar-refractivity contribution in [2.75, 3.05) is 6.54 Å².